The molecule has 2 atom stereocenters. The van der Waals surface area contributed by atoms with Crippen LogP contribution in [-0.2, 0) is 32.7 Å². The van der Waals surface area contributed by atoms with Gasteiger partial charge in [-0.2, -0.15) is 0 Å². The fourth-order valence-corrected chi connectivity index (χ4v) is 8.68. The third kappa shape index (κ3) is 62.7. The first kappa shape index (κ1) is 74.6. The van der Waals surface area contributed by atoms with E-state index >= 15 is 0 Å². The van der Waals surface area contributed by atoms with Crippen LogP contribution >= 0.6 is 7.82 Å². The average molecular weight is 1110 g/mol. The van der Waals surface area contributed by atoms with E-state index in [1.54, 1.807) is 0 Å². The Morgan fingerprint density at radius 3 is 0.987 bits per heavy atom. The highest BCUT2D eigenvalue weighted by atomic mass is 31.2. The molecule has 0 amide bonds. The minimum atomic E-state index is -4.41. The second-order valence-electron chi connectivity index (χ2n) is 19.8. The van der Waals surface area contributed by atoms with E-state index in [1.807, 2.05) is 0 Å². The second-order valence-corrected chi connectivity index (χ2v) is 21.3. The van der Waals surface area contributed by atoms with Crippen molar-refractivity contribution in [3.63, 3.8) is 0 Å². The molecule has 79 heavy (non-hydrogen) atoms. The SMILES string of the molecule is CC/C=C\C/C=C\C/C=C\C/C=C\C/C=C\C/C=C\C/C=C\C/C=C\CCCCCCCCCCCCCCCCC(=O)OC(COC(=O)CCCCC/C=C\C/C=C\C/C=C\C/C=C\C/C=C\CC)COP(=O)(O)OCCN. The van der Waals surface area contributed by atoms with Gasteiger partial charge in [-0.1, -0.05) is 255 Å². The molecule has 0 aromatic heterocycles. The summed E-state index contributed by atoms with van der Waals surface area (Å²) >= 11 is 0. The zero-order valence-corrected chi connectivity index (χ0v) is 50.7. The summed E-state index contributed by atoms with van der Waals surface area (Å²) in [4.78, 5) is 35.2. The van der Waals surface area contributed by atoms with Gasteiger partial charge in [0.1, 0.15) is 6.61 Å². The van der Waals surface area contributed by atoms with Crippen molar-refractivity contribution >= 4 is 19.8 Å². The molecule has 0 aliphatic rings. The van der Waals surface area contributed by atoms with E-state index in [0.717, 1.165) is 122 Å². The molecule has 0 aliphatic heterocycles. The maximum absolute atomic E-state index is 12.7. The highest BCUT2D eigenvalue weighted by Gasteiger charge is 2.26. The number of carbonyl (C=O) groups is 2. The number of unbranched alkanes of at least 4 members (excludes halogenated alkanes) is 17. The summed E-state index contributed by atoms with van der Waals surface area (Å²) in [6.07, 6.45) is 91.7. The third-order valence-electron chi connectivity index (χ3n) is 12.4. The van der Waals surface area contributed by atoms with Crippen LogP contribution in [0.4, 0.5) is 0 Å². The summed E-state index contributed by atoms with van der Waals surface area (Å²) in [6, 6.07) is 0. The summed E-state index contributed by atoms with van der Waals surface area (Å²) in [5, 5.41) is 0. The monoisotopic (exact) mass is 1110 g/mol. The Balaban J connectivity index is 3.97. The molecule has 0 heterocycles. The topological polar surface area (TPSA) is 134 Å². The molecule has 0 aliphatic carbocycles. The van der Waals surface area contributed by atoms with Gasteiger partial charge in [-0.3, -0.25) is 18.6 Å². The van der Waals surface area contributed by atoms with Gasteiger partial charge in [0, 0.05) is 19.4 Å². The Labute approximate surface area is 483 Å². The van der Waals surface area contributed by atoms with Crippen molar-refractivity contribution in [3.8, 4) is 0 Å². The zero-order valence-electron chi connectivity index (χ0n) is 49.8. The molecule has 9 nitrogen and oxygen atoms in total. The Kier molecular flexibility index (Phi) is 59.3. The zero-order chi connectivity index (χ0) is 57.3. The predicted molar refractivity (Wildman–Crippen MR) is 339 cm³/mol. The van der Waals surface area contributed by atoms with Crippen molar-refractivity contribution in [1.82, 2.24) is 0 Å². The molecule has 0 spiro atoms. The molecule has 0 aromatic rings. The quantitative estimate of drug-likeness (QED) is 0.0264. The number of hydrogen-bond acceptors (Lipinski definition) is 8. The van der Waals surface area contributed by atoms with Gasteiger partial charge in [0.25, 0.3) is 0 Å². The molecule has 446 valence electrons. The Morgan fingerprint density at radius 2 is 0.658 bits per heavy atom. The van der Waals surface area contributed by atoms with Crippen LogP contribution in [0.15, 0.2) is 158 Å². The van der Waals surface area contributed by atoms with Gasteiger partial charge in [-0.25, -0.2) is 4.57 Å². The molecule has 0 fully saturated rings. The summed E-state index contributed by atoms with van der Waals surface area (Å²) in [7, 11) is -4.41. The molecule has 2 unspecified atom stereocenters. The van der Waals surface area contributed by atoms with Crippen LogP contribution in [-0.4, -0.2) is 49.3 Å². The fourth-order valence-electron chi connectivity index (χ4n) is 7.91. The van der Waals surface area contributed by atoms with Gasteiger partial charge in [0.2, 0.25) is 0 Å². The number of rotatable bonds is 56. The first-order valence-corrected chi connectivity index (χ1v) is 32.5. The molecule has 0 aromatic carbocycles. The van der Waals surface area contributed by atoms with Crippen LogP contribution in [0, 0.1) is 0 Å². The summed E-state index contributed by atoms with van der Waals surface area (Å²) in [6.45, 7) is 3.46. The van der Waals surface area contributed by atoms with Crippen LogP contribution < -0.4 is 5.73 Å². The smallest absolute Gasteiger partial charge is 0.462 e. The van der Waals surface area contributed by atoms with Gasteiger partial charge in [-0.15, -0.1) is 0 Å². The molecule has 0 bridgehead atoms. The lowest BCUT2D eigenvalue weighted by atomic mass is 10.0. The normalized spacial score (nSPS) is 14.1. The highest BCUT2D eigenvalue weighted by Crippen LogP contribution is 2.43. The van der Waals surface area contributed by atoms with Crippen LogP contribution in [0.5, 0.6) is 0 Å². The lowest BCUT2D eigenvalue weighted by molar-refractivity contribution is -0.161. The fraction of sp³-hybridized carbons (Fsp3) is 0.594. The Bertz CT molecular complexity index is 1850. The van der Waals surface area contributed by atoms with E-state index in [-0.39, 0.29) is 32.6 Å². The standard InChI is InChI=1S/C69H112NO8P/c1-3-5-7-9-11-13-15-17-19-21-23-24-25-26-27-28-29-30-31-32-33-34-35-36-37-38-39-40-41-42-44-46-48-50-52-54-56-58-60-62-69(72)78-67(66-77-79(73,74)76-64-63-70)65-75-68(71)61-59-57-55-53-51-49-47-45-43-22-20-18-16-14-12-10-8-6-4-2/h5-8,11-14,17-20,23-24,26-27,29-30,32-33,35-36,43,45,49,51,67H,3-4,9-10,15-16,21-22,25,28,31,34,37-42,44,46-48,50,52-66,70H2,1-2H3,(H,73,74)/b7-5-,8-6-,13-11-,14-12-,19-17-,20-18-,24-23-,27-26-,30-29-,33-32-,36-35-,45-43-,51-49-. The number of ether oxygens (including phenoxy) is 2. The number of hydrogen-bond donors (Lipinski definition) is 2. The minimum Gasteiger partial charge on any atom is -0.462 e. The largest absolute Gasteiger partial charge is 0.472 e. The van der Waals surface area contributed by atoms with Crippen molar-refractivity contribution in [2.24, 2.45) is 5.73 Å². The van der Waals surface area contributed by atoms with Gasteiger partial charge in [0.15, 0.2) is 6.10 Å². The molecule has 10 heteroatoms. The van der Waals surface area contributed by atoms with Crippen molar-refractivity contribution < 1.29 is 37.6 Å². The molecule has 3 N–H and O–H groups in total. The molecule has 0 saturated carbocycles. The van der Waals surface area contributed by atoms with E-state index in [0.29, 0.717) is 12.8 Å². The number of carbonyl (C=O) groups excluding carboxylic acids is 2. The van der Waals surface area contributed by atoms with Crippen molar-refractivity contribution in [2.75, 3.05) is 26.4 Å². The lowest BCUT2D eigenvalue weighted by Crippen LogP contribution is -2.29. The molecule has 0 saturated heterocycles. The van der Waals surface area contributed by atoms with Crippen LogP contribution in [0.2, 0.25) is 0 Å². The van der Waals surface area contributed by atoms with E-state index in [2.05, 4.69) is 172 Å². The average Bonchev–Trinajstić information content (AvgIpc) is 3.44. The van der Waals surface area contributed by atoms with Crippen LogP contribution in [0.1, 0.15) is 232 Å². The number of phosphoric ester groups is 1. The molecular weight excluding hydrogens is 1000 g/mol. The van der Waals surface area contributed by atoms with Crippen molar-refractivity contribution in [2.45, 2.75) is 238 Å². The summed E-state index contributed by atoms with van der Waals surface area (Å²) < 4.78 is 33.0. The first-order valence-electron chi connectivity index (χ1n) is 31.0. The maximum Gasteiger partial charge on any atom is 0.472 e. The van der Waals surface area contributed by atoms with E-state index in [9.17, 15) is 19.0 Å². The number of phosphoric acid groups is 1. The van der Waals surface area contributed by atoms with E-state index in [1.165, 1.54) is 70.6 Å². The Hall–Kier alpha value is -4.37. The number of esters is 2. The summed E-state index contributed by atoms with van der Waals surface area (Å²) in [5.74, 6) is -0.874. The lowest BCUT2D eigenvalue weighted by Gasteiger charge is -2.19. The minimum absolute atomic E-state index is 0.0412. The first-order chi connectivity index (χ1) is 38.8. The second kappa shape index (κ2) is 62.8. The predicted octanol–water partition coefficient (Wildman–Crippen LogP) is 20.1. The van der Waals surface area contributed by atoms with Crippen molar-refractivity contribution in [1.29, 1.82) is 0 Å². The van der Waals surface area contributed by atoms with Crippen LogP contribution in [0.25, 0.3) is 0 Å². The molecule has 0 radical (unpaired) electrons. The van der Waals surface area contributed by atoms with Gasteiger partial charge in [0.05, 0.1) is 13.2 Å². The number of nitrogens with two attached hydrogens (primary N) is 1. The maximum atomic E-state index is 12.7. The summed E-state index contributed by atoms with van der Waals surface area (Å²) in [5.41, 5.74) is 5.38. The number of allylic oxidation sites excluding steroid dienone is 26. The van der Waals surface area contributed by atoms with Crippen molar-refractivity contribution in [3.05, 3.63) is 158 Å². The molecular formula is C69H112NO8P. The van der Waals surface area contributed by atoms with Gasteiger partial charge < -0.3 is 20.1 Å². The highest BCUT2D eigenvalue weighted by molar-refractivity contribution is 7.47. The Morgan fingerprint density at radius 1 is 0.380 bits per heavy atom. The van der Waals surface area contributed by atoms with E-state index in [4.69, 9.17) is 24.3 Å². The third-order valence-corrected chi connectivity index (χ3v) is 13.4. The van der Waals surface area contributed by atoms with Gasteiger partial charge >= 0.3 is 19.8 Å². The molecule has 0 rings (SSSR count). The van der Waals surface area contributed by atoms with Gasteiger partial charge in [-0.05, 0) is 122 Å². The van der Waals surface area contributed by atoms with E-state index < -0.39 is 32.5 Å². The van der Waals surface area contributed by atoms with Crippen LogP contribution in [0.3, 0.4) is 0 Å².